The number of carboxylic acid groups (broad SMARTS) is 1. The molecule has 21 heavy (non-hydrogen) atoms. The lowest BCUT2D eigenvalue weighted by Crippen LogP contribution is -2.48. The largest absolute Gasteiger partial charge is 0.479 e. The predicted molar refractivity (Wildman–Crippen MR) is 62.5 cm³/mol. The molecule has 1 fully saturated rings. The Labute approximate surface area is 117 Å². The second-order valence-electron chi connectivity index (χ2n) is 4.38. The van der Waals surface area contributed by atoms with Gasteiger partial charge in [0, 0.05) is 12.7 Å². The maximum atomic E-state index is 12.4. The van der Waals surface area contributed by atoms with E-state index in [0.717, 1.165) is 12.3 Å². The first-order chi connectivity index (χ1) is 9.79. The van der Waals surface area contributed by atoms with Gasteiger partial charge in [0.1, 0.15) is 5.69 Å². The van der Waals surface area contributed by atoms with E-state index < -0.39 is 29.9 Å². The van der Waals surface area contributed by atoms with E-state index in [9.17, 15) is 22.8 Å². The van der Waals surface area contributed by atoms with E-state index in [1.165, 1.54) is 4.90 Å². The van der Waals surface area contributed by atoms with Crippen LogP contribution in [0.4, 0.5) is 13.2 Å². The molecule has 9 heteroatoms. The predicted octanol–water partition coefficient (Wildman–Crippen LogP) is 1.03. The van der Waals surface area contributed by atoms with Gasteiger partial charge in [0.2, 0.25) is 0 Å². The first-order valence-corrected chi connectivity index (χ1v) is 5.96. The third-order valence-corrected chi connectivity index (χ3v) is 2.93. The normalized spacial score (nSPS) is 19.4. The summed E-state index contributed by atoms with van der Waals surface area (Å²) in [6.45, 7) is 0.0651. The van der Waals surface area contributed by atoms with E-state index in [4.69, 9.17) is 9.84 Å². The average molecular weight is 304 g/mol. The van der Waals surface area contributed by atoms with Crippen molar-refractivity contribution < 1.29 is 32.6 Å². The molecular formula is C12H11F3N2O4. The summed E-state index contributed by atoms with van der Waals surface area (Å²) in [6.07, 6.45) is -4.88. The monoisotopic (exact) mass is 304 g/mol. The Kier molecular flexibility index (Phi) is 4.12. The molecule has 1 saturated heterocycles. The van der Waals surface area contributed by atoms with Crippen molar-refractivity contribution in [2.45, 2.75) is 12.3 Å². The molecule has 1 amide bonds. The van der Waals surface area contributed by atoms with Gasteiger partial charge in [-0.05, 0) is 12.1 Å². The zero-order valence-electron chi connectivity index (χ0n) is 10.6. The molecule has 2 rings (SSSR count). The van der Waals surface area contributed by atoms with Gasteiger partial charge >= 0.3 is 12.1 Å². The first kappa shape index (κ1) is 15.2. The number of carbonyl (C=O) groups excluding carboxylic acids is 1. The zero-order chi connectivity index (χ0) is 15.6. The summed E-state index contributed by atoms with van der Waals surface area (Å²) in [5.74, 6) is -1.77. The summed E-state index contributed by atoms with van der Waals surface area (Å²) in [7, 11) is 0. The Bertz CT molecular complexity index is 544. The highest BCUT2D eigenvalue weighted by Gasteiger charge is 2.33. The highest BCUT2D eigenvalue weighted by Crippen LogP contribution is 2.27. The lowest BCUT2D eigenvalue weighted by molar-refractivity contribution is -0.154. The summed E-state index contributed by atoms with van der Waals surface area (Å²) in [5.41, 5.74) is -1.13. The maximum Gasteiger partial charge on any atom is 0.433 e. The molecule has 0 spiro atoms. The van der Waals surface area contributed by atoms with Gasteiger partial charge in [-0.15, -0.1) is 0 Å². The van der Waals surface area contributed by atoms with Gasteiger partial charge in [-0.25, -0.2) is 4.79 Å². The molecule has 0 unspecified atom stereocenters. The summed E-state index contributed by atoms with van der Waals surface area (Å²) in [4.78, 5) is 27.3. The van der Waals surface area contributed by atoms with Crippen LogP contribution in [0.3, 0.4) is 0 Å². The Balaban J connectivity index is 2.11. The van der Waals surface area contributed by atoms with Crippen LogP contribution in [0.25, 0.3) is 0 Å². The number of rotatable bonds is 2. The van der Waals surface area contributed by atoms with Crippen LogP contribution in [-0.4, -0.2) is 52.7 Å². The van der Waals surface area contributed by atoms with Crippen LogP contribution in [0.15, 0.2) is 18.3 Å². The molecule has 114 valence electrons. The molecule has 1 aromatic heterocycles. The van der Waals surface area contributed by atoms with Gasteiger partial charge in [-0.3, -0.25) is 9.78 Å². The topological polar surface area (TPSA) is 79.7 Å². The van der Waals surface area contributed by atoms with E-state index >= 15 is 0 Å². The van der Waals surface area contributed by atoms with Gasteiger partial charge in [0.05, 0.1) is 18.7 Å². The second kappa shape index (κ2) is 5.68. The number of amides is 1. The molecule has 0 radical (unpaired) electrons. The van der Waals surface area contributed by atoms with Gasteiger partial charge in [-0.2, -0.15) is 13.2 Å². The Morgan fingerprint density at radius 3 is 2.62 bits per heavy atom. The molecule has 0 saturated carbocycles. The maximum absolute atomic E-state index is 12.4. The number of alkyl halides is 3. The fraction of sp³-hybridized carbons (Fsp3) is 0.417. The molecular weight excluding hydrogens is 293 g/mol. The van der Waals surface area contributed by atoms with Gasteiger partial charge in [-0.1, -0.05) is 0 Å². The third-order valence-electron chi connectivity index (χ3n) is 2.93. The third kappa shape index (κ3) is 3.48. The highest BCUT2D eigenvalue weighted by molar-refractivity contribution is 5.94. The molecule has 1 atom stereocenters. The van der Waals surface area contributed by atoms with E-state index in [-0.39, 0.29) is 25.3 Å². The van der Waals surface area contributed by atoms with Crippen molar-refractivity contribution in [3.8, 4) is 0 Å². The highest BCUT2D eigenvalue weighted by atomic mass is 19.4. The molecule has 2 heterocycles. The van der Waals surface area contributed by atoms with Gasteiger partial charge in [0.15, 0.2) is 6.10 Å². The number of aromatic nitrogens is 1. The smallest absolute Gasteiger partial charge is 0.433 e. The van der Waals surface area contributed by atoms with Crippen LogP contribution < -0.4 is 0 Å². The Hall–Kier alpha value is -2.16. The molecule has 1 aromatic rings. The van der Waals surface area contributed by atoms with Crippen LogP contribution in [0.1, 0.15) is 16.1 Å². The van der Waals surface area contributed by atoms with Crippen LogP contribution >= 0.6 is 0 Å². The van der Waals surface area contributed by atoms with E-state index in [2.05, 4.69) is 4.98 Å². The van der Waals surface area contributed by atoms with Gasteiger partial charge < -0.3 is 14.7 Å². The fourth-order valence-electron chi connectivity index (χ4n) is 1.85. The number of carboxylic acids is 1. The van der Waals surface area contributed by atoms with Crippen molar-refractivity contribution in [1.29, 1.82) is 0 Å². The Morgan fingerprint density at radius 2 is 2.10 bits per heavy atom. The summed E-state index contributed by atoms with van der Waals surface area (Å²) >= 11 is 0. The van der Waals surface area contributed by atoms with Crippen molar-refractivity contribution in [1.82, 2.24) is 9.88 Å². The number of hydrogen-bond acceptors (Lipinski definition) is 4. The van der Waals surface area contributed by atoms with Crippen LogP contribution in [0.5, 0.6) is 0 Å². The van der Waals surface area contributed by atoms with Crippen molar-refractivity contribution in [3.05, 3.63) is 29.6 Å². The SMILES string of the molecule is O=C(O)[C@@H]1CN(C(=O)c2ccc(C(F)(F)F)nc2)CCO1. The number of carbonyl (C=O) groups is 2. The minimum absolute atomic E-state index is 0.0333. The fourth-order valence-corrected chi connectivity index (χ4v) is 1.85. The quantitative estimate of drug-likeness (QED) is 0.882. The molecule has 1 N–H and O–H groups in total. The van der Waals surface area contributed by atoms with Crippen LogP contribution in [-0.2, 0) is 15.7 Å². The zero-order valence-corrected chi connectivity index (χ0v) is 10.6. The van der Waals surface area contributed by atoms with E-state index in [1.807, 2.05) is 0 Å². The molecule has 6 nitrogen and oxygen atoms in total. The molecule has 1 aliphatic rings. The summed E-state index contributed by atoms with van der Waals surface area (Å²) < 4.78 is 42.1. The molecule has 0 bridgehead atoms. The average Bonchev–Trinajstić information content (AvgIpc) is 2.46. The minimum atomic E-state index is -4.57. The van der Waals surface area contributed by atoms with Crippen molar-refractivity contribution >= 4 is 11.9 Å². The number of nitrogens with zero attached hydrogens (tertiary/aromatic N) is 2. The first-order valence-electron chi connectivity index (χ1n) is 5.96. The van der Waals surface area contributed by atoms with E-state index in [0.29, 0.717) is 6.07 Å². The van der Waals surface area contributed by atoms with Crippen molar-refractivity contribution in [2.75, 3.05) is 19.7 Å². The number of ether oxygens (including phenoxy) is 1. The number of pyridine rings is 1. The number of aliphatic carboxylic acids is 1. The summed E-state index contributed by atoms with van der Waals surface area (Å²) in [6, 6.07) is 1.73. The van der Waals surface area contributed by atoms with E-state index in [1.54, 1.807) is 0 Å². The number of morpholine rings is 1. The van der Waals surface area contributed by atoms with Crippen LogP contribution in [0, 0.1) is 0 Å². The number of hydrogen-bond donors (Lipinski definition) is 1. The second-order valence-corrected chi connectivity index (χ2v) is 4.38. The van der Waals surface area contributed by atoms with Crippen LogP contribution in [0.2, 0.25) is 0 Å². The van der Waals surface area contributed by atoms with Crippen molar-refractivity contribution in [3.63, 3.8) is 0 Å². The lowest BCUT2D eigenvalue weighted by Gasteiger charge is -2.30. The van der Waals surface area contributed by atoms with Gasteiger partial charge in [0.25, 0.3) is 5.91 Å². The molecule has 0 aromatic carbocycles. The molecule has 1 aliphatic heterocycles. The van der Waals surface area contributed by atoms with Crippen molar-refractivity contribution in [2.24, 2.45) is 0 Å². The summed E-state index contributed by atoms with van der Waals surface area (Å²) in [5, 5.41) is 8.83. The number of halogens is 3. The standard InChI is InChI=1S/C12H11F3N2O4/c13-12(14,15)9-2-1-7(5-16-9)10(18)17-3-4-21-8(6-17)11(19)20/h1-2,5,8H,3-4,6H2,(H,19,20)/t8-/m0/s1. The Morgan fingerprint density at radius 1 is 1.38 bits per heavy atom. The lowest BCUT2D eigenvalue weighted by atomic mass is 10.2. The minimum Gasteiger partial charge on any atom is -0.479 e. The molecule has 0 aliphatic carbocycles.